The number of imide groups is 1. The Hall–Kier alpha value is -3.95. The second kappa shape index (κ2) is 9.68. The van der Waals surface area contributed by atoms with Crippen LogP contribution in [0.5, 0.6) is 0 Å². The molecule has 0 atom stereocenters. The Morgan fingerprint density at radius 3 is 2.36 bits per heavy atom. The van der Waals surface area contributed by atoms with Crippen LogP contribution in [-0.4, -0.2) is 53.8 Å². The highest BCUT2D eigenvalue weighted by atomic mass is 16.6. The third-order valence-corrected chi connectivity index (χ3v) is 5.86. The first kappa shape index (κ1) is 22.3. The molecule has 2 N–H and O–H groups in total. The fourth-order valence-electron chi connectivity index (χ4n) is 4.12. The Morgan fingerprint density at radius 1 is 0.970 bits per heavy atom. The average molecular weight is 451 g/mol. The molecule has 0 radical (unpaired) electrons. The summed E-state index contributed by atoms with van der Waals surface area (Å²) in [7, 11) is 0. The number of rotatable bonds is 7. The highest BCUT2D eigenvalue weighted by Gasteiger charge is 2.36. The van der Waals surface area contributed by atoms with E-state index in [-0.39, 0.29) is 35.9 Å². The number of fused-ring (bicyclic) bond motifs is 1. The van der Waals surface area contributed by atoms with Crippen LogP contribution in [0.1, 0.15) is 46.4 Å². The number of benzene rings is 2. The molecule has 0 saturated carbocycles. The van der Waals surface area contributed by atoms with Gasteiger partial charge in [0.05, 0.1) is 16.1 Å². The summed E-state index contributed by atoms with van der Waals surface area (Å²) in [5.41, 5.74) is 1.78. The Morgan fingerprint density at radius 2 is 1.67 bits per heavy atom. The largest absolute Gasteiger partial charge is 0.372 e. The van der Waals surface area contributed by atoms with Crippen LogP contribution in [0, 0.1) is 10.1 Å². The molecule has 4 rings (SSSR count). The zero-order chi connectivity index (χ0) is 23.4. The Labute approximate surface area is 190 Å². The van der Waals surface area contributed by atoms with Crippen LogP contribution in [0.3, 0.4) is 0 Å². The minimum atomic E-state index is -0.607. The van der Waals surface area contributed by atoms with Crippen molar-refractivity contribution in [3.63, 3.8) is 0 Å². The average Bonchev–Trinajstić information content (AvgIpc) is 3.07. The number of anilines is 2. The molecule has 0 aromatic heterocycles. The number of carbonyl (C=O) groups excluding carboxylic acids is 3. The van der Waals surface area contributed by atoms with Gasteiger partial charge in [-0.25, -0.2) is 4.79 Å². The van der Waals surface area contributed by atoms with E-state index in [0.717, 1.165) is 29.7 Å². The summed E-state index contributed by atoms with van der Waals surface area (Å²) < 4.78 is 0. The summed E-state index contributed by atoms with van der Waals surface area (Å²) in [5.74, 6) is -1.04. The van der Waals surface area contributed by atoms with Crippen molar-refractivity contribution >= 4 is 34.9 Å². The first-order valence-corrected chi connectivity index (χ1v) is 11.0. The zero-order valence-corrected chi connectivity index (χ0v) is 18.1. The molecule has 2 aliphatic rings. The van der Waals surface area contributed by atoms with Gasteiger partial charge in [0.15, 0.2) is 0 Å². The number of nitrogens with one attached hydrogen (secondary N) is 2. The summed E-state index contributed by atoms with van der Waals surface area (Å²) >= 11 is 0. The first-order chi connectivity index (χ1) is 15.9. The number of nitro benzene ring substituents is 1. The third kappa shape index (κ3) is 4.94. The number of piperidine rings is 1. The van der Waals surface area contributed by atoms with E-state index in [0.29, 0.717) is 12.1 Å². The van der Waals surface area contributed by atoms with Gasteiger partial charge in [0.2, 0.25) is 0 Å². The number of nitrogens with zero attached hydrogens (tertiary/aromatic N) is 3. The smallest absolute Gasteiger partial charge is 0.319 e. The van der Waals surface area contributed by atoms with E-state index in [1.807, 2.05) is 24.3 Å². The van der Waals surface area contributed by atoms with Gasteiger partial charge in [0.1, 0.15) is 0 Å². The van der Waals surface area contributed by atoms with E-state index in [9.17, 15) is 24.5 Å². The topological polar surface area (TPSA) is 125 Å². The molecule has 0 spiro atoms. The number of hydrogen-bond acceptors (Lipinski definition) is 6. The molecule has 0 aliphatic carbocycles. The van der Waals surface area contributed by atoms with Gasteiger partial charge in [-0.1, -0.05) is 0 Å². The van der Waals surface area contributed by atoms with Gasteiger partial charge < -0.3 is 15.5 Å². The first-order valence-electron chi connectivity index (χ1n) is 11.0. The predicted octanol–water partition coefficient (Wildman–Crippen LogP) is 3.39. The molecule has 2 aromatic carbocycles. The molecular formula is C23H25N5O5. The van der Waals surface area contributed by atoms with Crippen molar-refractivity contribution < 1.29 is 19.3 Å². The predicted molar refractivity (Wildman–Crippen MR) is 123 cm³/mol. The molecular weight excluding hydrogens is 426 g/mol. The van der Waals surface area contributed by atoms with E-state index in [4.69, 9.17) is 0 Å². The lowest BCUT2D eigenvalue weighted by Gasteiger charge is -2.28. The van der Waals surface area contributed by atoms with Crippen molar-refractivity contribution in [2.45, 2.75) is 25.7 Å². The number of hydrogen-bond donors (Lipinski definition) is 2. The van der Waals surface area contributed by atoms with Gasteiger partial charge in [-0.2, -0.15) is 0 Å². The minimum absolute atomic E-state index is 0.0351. The van der Waals surface area contributed by atoms with Crippen LogP contribution in [-0.2, 0) is 0 Å². The van der Waals surface area contributed by atoms with Crippen molar-refractivity contribution in [1.29, 1.82) is 0 Å². The summed E-state index contributed by atoms with van der Waals surface area (Å²) in [6.07, 6.45) is 4.02. The zero-order valence-electron chi connectivity index (χ0n) is 18.1. The Balaban J connectivity index is 1.23. The fourth-order valence-corrected chi connectivity index (χ4v) is 4.12. The van der Waals surface area contributed by atoms with E-state index < -0.39 is 16.7 Å². The second-order valence-corrected chi connectivity index (χ2v) is 8.08. The summed E-state index contributed by atoms with van der Waals surface area (Å²) in [6.45, 7) is 2.46. The maximum absolute atomic E-state index is 12.5. The van der Waals surface area contributed by atoms with Crippen molar-refractivity contribution in [1.82, 2.24) is 10.2 Å². The maximum Gasteiger partial charge on any atom is 0.319 e. The highest BCUT2D eigenvalue weighted by molar-refractivity contribution is 6.21. The van der Waals surface area contributed by atoms with E-state index >= 15 is 0 Å². The molecule has 4 amide bonds. The van der Waals surface area contributed by atoms with Gasteiger partial charge in [-0.05, 0) is 56.0 Å². The van der Waals surface area contributed by atoms with E-state index in [1.165, 1.54) is 31.4 Å². The molecule has 1 saturated heterocycles. The molecule has 2 aliphatic heterocycles. The van der Waals surface area contributed by atoms with Crippen LogP contribution in [0.25, 0.3) is 0 Å². The van der Waals surface area contributed by atoms with E-state index in [2.05, 4.69) is 15.5 Å². The standard InChI is InChI=1S/C23H25N5O5/c29-21-19-10-9-18(28(32)33)15-20(19)22(30)27(21)14-4-11-24-23(31)25-16-5-7-17(8-6-16)26-12-2-1-3-13-26/h5-10,15H,1-4,11-14H2,(H2,24,25,31). The number of nitro groups is 1. The van der Waals surface area contributed by atoms with Crippen molar-refractivity contribution in [2.75, 3.05) is 36.4 Å². The molecule has 2 aromatic rings. The lowest BCUT2D eigenvalue weighted by atomic mass is 10.1. The number of carbonyl (C=O) groups is 3. The van der Waals surface area contributed by atoms with Crippen LogP contribution < -0.4 is 15.5 Å². The quantitative estimate of drug-likeness (QED) is 0.288. The SMILES string of the molecule is O=C(NCCCN1C(=O)c2ccc([N+](=O)[O-])cc2C1=O)Nc1ccc(N2CCCCC2)cc1. The van der Waals surface area contributed by atoms with Crippen molar-refractivity contribution in [3.8, 4) is 0 Å². The molecule has 2 heterocycles. The Kier molecular flexibility index (Phi) is 6.53. The normalized spacial score (nSPS) is 15.4. The maximum atomic E-state index is 12.5. The minimum Gasteiger partial charge on any atom is -0.372 e. The lowest BCUT2D eigenvalue weighted by Crippen LogP contribution is -2.35. The van der Waals surface area contributed by atoms with Crippen molar-refractivity contribution in [3.05, 3.63) is 63.7 Å². The molecule has 1 fully saturated rings. The number of amides is 4. The summed E-state index contributed by atoms with van der Waals surface area (Å²) in [4.78, 5) is 50.8. The van der Waals surface area contributed by atoms with Crippen LogP contribution in [0.4, 0.5) is 21.9 Å². The molecule has 0 bridgehead atoms. The monoisotopic (exact) mass is 451 g/mol. The van der Waals surface area contributed by atoms with Gasteiger partial charge in [0, 0.05) is 49.7 Å². The van der Waals surface area contributed by atoms with Crippen LogP contribution in [0.2, 0.25) is 0 Å². The molecule has 10 heteroatoms. The number of non-ortho nitro benzene ring substituents is 1. The second-order valence-electron chi connectivity index (χ2n) is 8.08. The fraction of sp³-hybridized carbons (Fsp3) is 0.348. The van der Waals surface area contributed by atoms with Gasteiger partial charge >= 0.3 is 6.03 Å². The van der Waals surface area contributed by atoms with E-state index in [1.54, 1.807) is 0 Å². The van der Waals surface area contributed by atoms with Crippen LogP contribution in [0.15, 0.2) is 42.5 Å². The van der Waals surface area contributed by atoms with Gasteiger partial charge in [-0.3, -0.25) is 24.6 Å². The molecule has 0 unspecified atom stereocenters. The van der Waals surface area contributed by atoms with Gasteiger partial charge in [-0.15, -0.1) is 0 Å². The summed E-state index contributed by atoms with van der Waals surface area (Å²) in [6, 6.07) is 11.0. The van der Waals surface area contributed by atoms with Crippen molar-refractivity contribution in [2.24, 2.45) is 0 Å². The van der Waals surface area contributed by atoms with Crippen LogP contribution >= 0.6 is 0 Å². The lowest BCUT2D eigenvalue weighted by molar-refractivity contribution is -0.384. The number of urea groups is 1. The highest BCUT2D eigenvalue weighted by Crippen LogP contribution is 2.27. The molecule has 10 nitrogen and oxygen atoms in total. The third-order valence-electron chi connectivity index (χ3n) is 5.86. The Bertz CT molecular complexity index is 1080. The molecule has 172 valence electrons. The van der Waals surface area contributed by atoms with Gasteiger partial charge in [0.25, 0.3) is 17.5 Å². The summed E-state index contributed by atoms with van der Waals surface area (Å²) in [5, 5.41) is 16.4. The molecule has 33 heavy (non-hydrogen) atoms.